The number of fused-ring (bicyclic) bond motifs is 1. The molecule has 2 fully saturated rings. The molecule has 28 heavy (non-hydrogen) atoms. The maximum atomic E-state index is 12.7. The van der Waals surface area contributed by atoms with E-state index in [9.17, 15) is 14.4 Å². The lowest BCUT2D eigenvalue weighted by Crippen LogP contribution is -2.46. The van der Waals surface area contributed by atoms with Crippen LogP contribution in [0.1, 0.15) is 39.0 Å². The summed E-state index contributed by atoms with van der Waals surface area (Å²) in [7, 11) is 0. The second-order valence-electron chi connectivity index (χ2n) is 7.96. The van der Waals surface area contributed by atoms with Crippen molar-refractivity contribution in [3.05, 3.63) is 36.4 Å². The Bertz CT molecular complexity index is 770. The Morgan fingerprint density at radius 2 is 1.54 bits per heavy atom. The molecule has 1 N–H and O–H groups in total. The number of allylic oxidation sites excluding steroid dienone is 2. The van der Waals surface area contributed by atoms with Crippen LogP contribution in [-0.2, 0) is 14.4 Å². The highest BCUT2D eigenvalue weighted by Crippen LogP contribution is 2.36. The molecule has 3 aliphatic rings. The number of nitrogens with one attached hydrogen (secondary N) is 1. The Morgan fingerprint density at radius 1 is 0.964 bits per heavy atom. The maximum absolute atomic E-state index is 12.7. The van der Waals surface area contributed by atoms with E-state index in [4.69, 9.17) is 0 Å². The topological polar surface area (TPSA) is 69.7 Å². The van der Waals surface area contributed by atoms with Crippen molar-refractivity contribution in [2.24, 2.45) is 11.8 Å². The predicted octanol–water partition coefficient (Wildman–Crippen LogP) is 2.96. The average molecular weight is 381 g/mol. The summed E-state index contributed by atoms with van der Waals surface area (Å²) in [4.78, 5) is 41.5. The first-order chi connectivity index (χ1) is 13.6. The van der Waals surface area contributed by atoms with Crippen molar-refractivity contribution in [3.8, 4) is 0 Å². The minimum atomic E-state index is -0.813. The van der Waals surface area contributed by atoms with Crippen molar-refractivity contribution in [1.82, 2.24) is 4.90 Å². The van der Waals surface area contributed by atoms with Crippen molar-refractivity contribution >= 4 is 29.1 Å². The molecule has 2 aliphatic heterocycles. The molecule has 0 radical (unpaired) electrons. The Morgan fingerprint density at radius 3 is 2.11 bits per heavy atom. The average Bonchev–Trinajstić information content (AvgIpc) is 2.99. The quantitative estimate of drug-likeness (QED) is 0.643. The molecule has 0 unspecified atom stereocenters. The van der Waals surface area contributed by atoms with Gasteiger partial charge in [-0.3, -0.25) is 19.3 Å². The molecule has 3 amide bonds. The van der Waals surface area contributed by atoms with Crippen LogP contribution in [0.15, 0.2) is 36.4 Å². The van der Waals surface area contributed by atoms with Gasteiger partial charge in [0.2, 0.25) is 17.7 Å². The Kier molecular flexibility index (Phi) is 5.20. The monoisotopic (exact) mass is 381 g/mol. The lowest BCUT2D eigenvalue weighted by atomic mass is 9.85. The predicted molar refractivity (Wildman–Crippen MR) is 108 cm³/mol. The van der Waals surface area contributed by atoms with Gasteiger partial charge < -0.3 is 10.2 Å². The molecule has 1 aliphatic carbocycles. The molecule has 6 nitrogen and oxygen atoms in total. The molecular weight excluding hydrogens is 354 g/mol. The van der Waals surface area contributed by atoms with Gasteiger partial charge in [-0.05, 0) is 63.3 Å². The highest BCUT2D eigenvalue weighted by molar-refractivity contribution is 6.10. The third-order valence-electron chi connectivity index (χ3n) is 6.16. The van der Waals surface area contributed by atoms with Crippen LogP contribution in [-0.4, -0.2) is 41.8 Å². The lowest BCUT2D eigenvalue weighted by Gasteiger charge is -2.29. The molecule has 0 spiro atoms. The molecule has 3 atom stereocenters. The number of likely N-dealkylation sites (tertiary alicyclic amines) is 1. The molecular formula is C22H27N3O3. The lowest BCUT2D eigenvalue weighted by molar-refractivity contribution is -0.146. The number of piperidine rings is 1. The van der Waals surface area contributed by atoms with Crippen LogP contribution in [0.4, 0.5) is 11.4 Å². The van der Waals surface area contributed by atoms with E-state index >= 15 is 0 Å². The number of rotatable bonds is 4. The van der Waals surface area contributed by atoms with E-state index in [0.717, 1.165) is 18.8 Å². The van der Waals surface area contributed by atoms with Gasteiger partial charge in [0.1, 0.15) is 6.04 Å². The minimum Gasteiger partial charge on any atom is -0.372 e. The van der Waals surface area contributed by atoms with E-state index in [-0.39, 0.29) is 29.6 Å². The second kappa shape index (κ2) is 7.78. The second-order valence-corrected chi connectivity index (χ2v) is 7.96. The van der Waals surface area contributed by atoms with Crippen LogP contribution in [0.5, 0.6) is 0 Å². The van der Waals surface area contributed by atoms with Crippen molar-refractivity contribution in [3.63, 3.8) is 0 Å². The fourth-order valence-corrected chi connectivity index (χ4v) is 4.48. The Hall–Kier alpha value is -2.63. The molecule has 0 saturated carbocycles. The number of anilines is 2. The zero-order valence-corrected chi connectivity index (χ0v) is 16.3. The summed E-state index contributed by atoms with van der Waals surface area (Å²) in [5, 5.41) is 2.85. The first-order valence-electron chi connectivity index (χ1n) is 10.2. The number of nitrogens with zero attached hydrogens (tertiary/aromatic N) is 2. The van der Waals surface area contributed by atoms with Gasteiger partial charge >= 0.3 is 0 Å². The zero-order chi connectivity index (χ0) is 19.7. The van der Waals surface area contributed by atoms with Crippen LogP contribution < -0.4 is 10.2 Å². The molecule has 4 rings (SSSR count). The highest BCUT2D eigenvalue weighted by atomic mass is 16.2. The largest absolute Gasteiger partial charge is 0.372 e. The van der Waals surface area contributed by atoms with Gasteiger partial charge in [0.05, 0.1) is 11.8 Å². The number of hydrogen-bond acceptors (Lipinski definition) is 4. The van der Waals surface area contributed by atoms with Gasteiger partial charge in [0, 0.05) is 24.5 Å². The summed E-state index contributed by atoms with van der Waals surface area (Å²) < 4.78 is 0. The molecule has 6 heteroatoms. The van der Waals surface area contributed by atoms with Gasteiger partial charge in [0.25, 0.3) is 0 Å². The van der Waals surface area contributed by atoms with E-state index < -0.39 is 6.04 Å². The van der Waals surface area contributed by atoms with Crippen molar-refractivity contribution < 1.29 is 14.4 Å². The first-order valence-corrected chi connectivity index (χ1v) is 10.2. The molecule has 148 valence electrons. The summed E-state index contributed by atoms with van der Waals surface area (Å²) >= 11 is 0. The third kappa shape index (κ3) is 3.43. The standard InChI is InChI=1S/C22H27N3O3/c1-15(25-21(27)18-7-3-4-8-19(18)22(25)28)20(26)23-16-9-11-17(12-10-16)24-13-5-2-6-14-24/h3-4,9-12,15,18-19H,2,5-8,13-14H2,1H3,(H,23,26)/t15-,18-,19+/m1/s1. The number of benzene rings is 1. The van der Waals surface area contributed by atoms with Crippen LogP contribution >= 0.6 is 0 Å². The number of carbonyl (C=O) groups excluding carboxylic acids is 3. The summed E-state index contributed by atoms with van der Waals surface area (Å²) in [6, 6.07) is 6.97. The molecule has 1 aromatic carbocycles. The smallest absolute Gasteiger partial charge is 0.247 e. The van der Waals surface area contributed by atoms with Gasteiger partial charge in [0.15, 0.2) is 0 Å². The van der Waals surface area contributed by atoms with E-state index in [1.807, 2.05) is 36.4 Å². The van der Waals surface area contributed by atoms with Crippen molar-refractivity contribution in [2.45, 2.75) is 45.1 Å². The van der Waals surface area contributed by atoms with Crippen LogP contribution in [0.3, 0.4) is 0 Å². The van der Waals surface area contributed by atoms with Crippen LogP contribution in [0, 0.1) is 11.8 Å². The molecule has 0 aromatic heterocycles. The van der Waals surface area contributed by atoms with Gasteiger partial charge in [-0.2, -0.15) is 0 Å². The van der Waals surface area contributed by atoms with E-state index in [1.54, 1.807) is 6.92 Å². The summed E-state index contributed by atoms with van der Waals surface area (Å²) in [5.41, 5.74) is 1.84. The fraction of sp³-hybridized carbons (Fsp3) is 0.500. The van der Waals surface area contributed by atoms with Gasteiger partial charge in [-0.25, -0.2) is 0 Å². The van der Waals surface area contributed by atoms with Crippen LogP contribution in [0.25, 0.3) is 0 Å². The Labute approximate surface area is 165 Å². The zero-order valence-electron chi connectivity index (χ0n) is 16.3. The summed E-state index contributed by atoms with van der Waals surface area (Å²) in [6.45, 7) is 3.76. The molecule has 2 saturated heterocycles. The van der Waals surface area contributed by atoms with Gasteiger partial charge in [-0.1, -0.05) is 12.2 Å². The van der Waals surface area contributed by atoms with E-state index in [0.29, 0.717) is 18.5 Å². The number of amides is 3. The Balaban J connectivity index is 1.40. The normalized spacial score (nSPS) is 25.6. The minimum absolute atomic E-state index is 0.220. The fourth-order valence-electron chi connectivity index (χ4n) is 4.48. The van der Waals surface area contributed by atoms with Gasteiger partial charge in [-0.15, -0.1) is 0 Å². The number of hydrogen-bond donors (Lipinski definition) is 1. The summed E-state index contributed by atoms with van der Waals surface area (Å²) in [6.07, 6.45) is 8.77. The number of carbonyl (C=O) groups is 3. The van der Waals surface area contributed by atoms with Crippen molar-refractivity contribution in [2.75, 3.05) is 23.3 Å². The van der Waals surface area contributed by atoms with E-state index in [2.05, 4.69) is 10.2 Å². The first kappa shape index (κ1) is 18.7. The van der Waals surface area contributed by atoms with Crippen LogP contribution in [0.2, 0.25) is 0 Å². The maximum Gasteiger partial charge on any atom is 0.247 e. The third-order valence-corrected chi connectivity index (χ3v) is 6.16. The van der Waals surface area contributed by atoms with Crippen molar-refractivity contribution in [1.29, 1.82) is 0 Å². The highest BCUT2D eigenvalue weighted by Gasteiger charge is 2.50. The molecule has 0 bridgehead atoms. The summed E-state index contributed by atoms with van der Waals surface area (Å²) in [5.74, 6) is -1.39. The molecule has 2 heterocycles. The molecule has 1 aromatic rings. The SMILES string of the molecule is C[C@H](C(=O)Nc1ccc(N2CCCCC2)cc1)N1C(=O)[C@H]2CC=CC[C@H]2C1=O. The number of imide groups is 1. The van der Waals surface area contributed by atoms with E-state index in [1.165, 1.54) is 24.2 Å².